The minimum Gasteiger partial charge on any atom is -0.388 e. The Morgan fingerprint density at radius 2 is 2.16 bits per heavy atom. The van der Waals surface area contributed by atoms with E-state index in [1.165, 1.54) is 5.56 Å². The van der Waals surface area contributed by atoms with Gasteiger partial charge in [0.25, 0.3) is 0 Å². The molecule has 0 aliphatic heterocycles. The molecule has 0 fully saturated rings. The summed E-state index contributed by atoms with van der Waals surface area (Å²) in [6, 6.07) is 9.60. The third kappa shape index (κ3) is 3.48. The van der Waals surface area contributed by atoms with E-state index in [9.17, 15) is 0 Å². The monoisotopic (exact) mass is 272 g/mol. The molecular weight excluding hydrogens is 256 g/mol. The summed E-state index contributed by atoms with van der Waals surface area (Å²) in [6.45, 7) is 2.75. The number of hydrogen-bond donors (Lipinski definition) is 2. The summed E-state index contributed by atoms with van der Waals surface area (Å²) >= 11 is 4.91. The van der Waals surface area contributed by atoms with Crippen LogP contribution in [-0.2, 0) is 13.0 Å². The molecule has 98 valence electrons. The molecule has 2 rings (SSSR count). The molecule has 0 bridgehead atoms. The quantitative estimate of drug-likeness (QED) is 0.818. The number of nitrogens with one attached hydrogen (secondary N) is 1. The van der Waals surface area contributed by atoms with E-state index < -0.39 is 0 Å². The number of thiocarbonyl (C=S) groups is 1. The maximum absolute atomic E-state index is 5.56. The molecule has 0 aromatic carbocycles. The van der Waals surface area contributed by atoms with Crippen molar-refractivity contribution in [1.82, 2.24) is 9.97 Å². The zero-order chi connectivity index (χ0) is 13.7. The number of hydrogen-bond acceptors (Lipinski definition) is 4. The summed E-state index contributed by atoms with van der Waals surface area (Å²) in [5, 5.41) is 3.24. The molecule has 3 N–H and O–H groups in total. The largest absolute Gasteiger partial charge is 0.388 e. The van der Waals surface area contributed by atoms with Crippen LogP contribution in [0.4, 0.5) is 5.82 Å². The predicted molar refractivity (Wildman–Crippen MR) is 81.1 cm³/mol. The molecule has 4 nitrogen and oxygen atoms in total. The first kappa shape index (κ1) is 13.4. The molecule has 0 radical (unpaired) electrons. The maximum atomic E-state index is 5.56. The van der Waals surface area contributed by atoms with Gasteiger partial charge in [-0.05, 0) is 30.2 Å². The first-order valence-electron chi connectivity index (χ1n) is 6.14. The summed E-state index contributed by atoms with van der Waals surface area (Å²) in [7, 11) is 0. The van der Waals surface area contributed by atoms with Crippen molar-refractivity contribution < 1.29 is 0 Å². The van der Waals surface area contributed by atoms with Crippen molar-refractivity contribution in [3.63, 3.8) is 0 Å². The second kappa shape index (κ2) is 6.24. The molecule has 5 heteroatoms. The molecule has 0 saturated carbocycles. The molecule has 0 aliphatic carbocycles. The second-order valence-electron chi connectivity index (χ2n) is 4.09. The number of pyridine rings is 2. The Kier molecular flexibility index (Phi) is 4.41. The van der Waals surface area contributed by atoms with Gasteiger partial charge >= 0.3 is 0 Å². The predicted octanol–water partition coefficient (Wildman–Crippen LogP) is 2.29. The van der Waals surface area contributed by atoms with E-state index in [1.54, 1.807) is 12.3 Å². The molecule has 0 saturated heterocycles. The zero-order valence-electron chi connectivity index (χ0n) is 10.8. The third-order valence-corrected chi connectivity index (χ3v) is 3.01. The Labute approximate surface area is 118 Å². The van der Waals surface area contributed by atoms with Crippen molar-refractivity contribution in [3.8, 4) is 0 Å². The van der Waals surface area contributed by atoms with E-state index in [2.05, 4.69) is 28.3 Å². The van der Waals surface area contributed by atoms with Crippen molar-refractivity contribution in [2.24, 2.45) is 5.73 Å². The number of anilines is 1. The molecule has 0 amide bonds. The standard InChI is InChI=1S/C14H16N4S/c1-2-10-5-4-8-16-12(10)9-17-13-7-3-6-11(18-13)14(15)19/h3-8H,2,9H2,1H3,(H2,15,19)(H,17,18). The summed E-state index contributed by atoms with van der Waals surface area (Å²) < 4.78 is 0. The van der Waals surface area contributed by atoms with E-state index in [1.807, 2.05) is 18.2 Å². The van der Waals surface area contributed by atoms with Gasteiger partial charge in [0.05, 0.1) is 17.9 Å². The number of aryl methyl sites for hydroxylation is 1. The lowest BCUT2D eigenvalue weighted by molar-refractivity contribution is 0.964. The lowest BCUT2D eigenvalue weighted by atomic mass is 10.1. The first-order valence-corrected chi connectivity index (χ1v) is 6.55. The van der Waals surface area contributed by atoms with Crippen LogP contribution >= 0.6 is 12.2 Å². The van der Waals surface area contributed by atoms with Crippen LogP contribution in [0.15, 0.2) is 36.5 Å². The summed E-state index contributed by atoms with van der Waals surface area (Å²) in [5.41, 5.74) is 8.46. The van der Waals surface area contributed by atoms with Crippen molar-refractivity contribution in [2.45, 2.75) is 19.9 Å². The van der Waals surface area contributed by atoms with Crippen LogP contribution in [0.1, 0.15) is 23.9 Å². The Hall–Kier alpha value is -2.01. The van der Waals surface area contributed by atoms with E-state index in [0.717, 1.165) is 17.9 Å². The highest BCUT2D eigenvalue weighted by molar-refractivity contribution is 7.80. The van der Waals surface area contributed by atoms with E-state index in [-0.39, 0.29) is 0 Å². The number of nitrogens with zero attached hydrogens (tertiary/aromatic N) is 2. The highest BCUT2D eigenvalue weighted by Crippen LogP contribution is 2.10. The number of aromatic nitrogens is 2. The van der Waals surface area contributed by atoms with Crippen LogP contribution in [0.2, 0.25) is 0 Å². The van der Waals surface area contributed by atoms with Crippen LogP contribution in [-0.4, -0.2) is 15.0 Å². The maximum Gasteiger partial charge on any atom is 0.127 e. The lowest BCUT2D eigenvalue weighted by Crippen LogP contribution is -2.13. The van der Waals surface area contributed by atoms with Gasteiger partial charge in [-0.2, -0.15) is 0 Å². The second-order valence-corrected chi connectivity index (χ2v) is 4.53. The molecule has 19 heavy (non-hydrogen) atoms. The van der Waals surface area contributed by atoms with Crippen molar-refractivity contribution in [3.05, 3.63) is 53.5 Å². The highest BCUT2D eigenvalue weighted by Gasteiger charge is 2.03. The van der Waals surface area contributed by atoms with E-state index >= 15 is 0 Å². The molecule has 2 aromatic heterocycles. The van der Waals surface area contributed by atoms with Gasteiger partial charge in [0.2, 0.25) is 0 Å². The van der Waals surface area contributed by atoms with E-state index in [0.29, 0.717) is 17.2 Å². The average molecular weight is 272 g/mol. The molecule has 0 spiro atoms. The summed E-state index contributed by atoms with van der Waals surface area (Å²) in [5.74, 6) is 0.748. The number of nitrogens with two attached hydrogens (primary N) is 1. The Bertz CT molecular complexity index is 583. The van der Waals surface area contributed by atoms with Crippen LogP contribution in [0, 0.1) is 0 Å². The number of rotatable bonds is 5. The van der Waals surface area contributed by atoms with E-state index in [4.69, 9.17) is 18.0 Å². The Balaban J connectivity index is 2.10. The van der Waals surface area contributed by atoms with Crippen molar-refractivity contribution >= 4 is 23.0 Å². The highest BCUT2D eigenvalue weighted by atomic mass is 32.1. The molecular formula is C14H16N4S. The first-order chi connectivity index (χ1) is 9.20. The fourth-order valence-corrected chi connectivity index (χ4v) is 1.91. The van der Waals surface area contributed by atoms with Gasteiger partial charge in [0.15, 0.2) is 0 Å². The van der Waals surface area contributed by atoms with Gasteiger partial charge in [-0.1, -0.05) is 31.3 Å². The van der Waals surface area contributed by atoms with Crippen LogP contribution in [0.25, 0.3) is 0 Å². The smallest absolute Gasteiger partial charge is 0.127 e. The molecule has 0 atom stereocenters. The van der Waals surface area contributed by atoms with Gasteiger partial charge in [0.1, 0.15) is 10.8 Å². The minimum absolute atomic E-state index is 0.302. The van der Waals surface area contributed by atoms with Gasteiger partial charge in [0, 0.05) is 6.20 Å². The van der Waals surface area contributed by atoms with Gasteiger partial charge in [-0.25, -0.2) is 4.98 Å². The fraction of sp³-hybridized carbons (Fsp3) is 0.214. The summed E-state index contributed by atoms with van der Waals surface area (Å²) in [6.07, 6.45) is 2.76. The van der Waals surface area contributed by atoms with Crippen LogP contribution < -0.4 is 11.1 Å². The fourth-order valence-electron chi connectivity index (χ4n) is 1.80. The minimum atomic E-state index is 0.302. The molecule has 2 heterocycles. The zero-order valence-corrected chi connectivity index (χ0v) is 11.6. The van der Waals surface area contributed by atoms with Gasteiger partial charge in [-0.3, -0.25) is 4.98 Å². The Morgan fingerprint density at radius 1 is 1.32 bits per heavy atom. The average Bonchev–Trinajstić information content (AvgIpc) is 2.45. The van der Waals surface area contributed by atoms with Crippen molar-refractivity contribution in [2.75, 3.05) is 5.32 Å². The lowest BCUT2D eigenvalue weighted by Gasteiger charge is -2.09. The normalized spacial score (nSPS) is 10.2. The van der Waals surface area contributed by atoms with Crippen LogP contribution in [0.5, 0.6) is 0 Å². The third-order valence-electron chi connectivity index (χ3n) is 2.80. The molecule has 0 aliphatic rings. The van der Waals surface area contributed by atoms with Crippen molar-refractivity contribution in [1.29, 1.82) is 0 Å². The topological polar surface area (TPSA) is 63.8 Å². The SMILES string of the molecule is CCc1cccnc1CNc1cccc(C(N)=S)n1. The Morgan fingerprint density at radius 3 is 2.89 bits per heavy atom. The molecule has 2 aromatic rings. The molecule has 0 unspecified atom stereocenters. The van der Waals surface area contributed by atoms with Gasteiger partial charge in [-0.15, -0.1) is 0 Å². The van der Waals surface area contributed by atoms with Gasteiger partial charge < -0.3 is 11.1 Å². The summed E-state index contributed by atoms with van der Waals surface area (Å²) in [4.78, 5) is 9.02. The van der Waals surface area contributed by atoms with Crippen LogP contribution in [0.3, 0.4) is 0 Å².